The number of aliphatic hydroxyl groups is 1. The fourth-order valence-electron chi connectivity index (χ4n) is 0.947. The van der Waals surface area contributed by atoms with Crippen molar-refractivity contribution in [3.05, 3.63) is 30.9 Å². The van der Waals surface area contributed by atoms with Gasteiger partial charge in [0.05, 0.1) is 6.10 Å². The van der Waals surface area contributed by atoms with Gasteiger partial charge >= 0.3 is 0 Å². The third kappa shape index (κ3) is 2.30. The Morgan fingerprint density at radius 2 is 1.83 bits per heavy atom. The van der Waals surface area contributed by atoms with Gasteiger partial charge in [-0.2, -0.15) is 0 Å². The molecule has 0 heterocycles. The van der Waals surface area contributed by atoms with Crippen LogP contribution in [0.1, 0.15) is 11.7 Å². The van der Waals surface area contributed by atoms with E-state index < -0.39 is 6.10 Å². The van der Waals surface area contributed by atoms with Crippen LogP contribution in [0.3, 0.4) is 0 Å². The Balaban J connectivity index is 3.12. The van der Waals surface area contributed by atoms with Crippen molar-refractivity contribution < 1.29 is 5.11 Å². The molecule has 0 aromatic heterocycles. The summed E-state index contributed by atoms with van der Waals surface area (Å²) in [4.78, 5) is 0. The Morgan fingerprint density at radius 1 is 1.33 bits per heavy atom. The average Bonchev–Trinajstić information content (AvgIpc) is 2.03. The molecular weight excluding hydrogens is 380 g/mol. The molecule has 0 aliphatic heterocycles. The van der Waals surface area contributed by atoms with E-state index in [0.29, 0.717) is 0 Å². The highest BCUT2D eigenvalue weighted by Gasteiger charge is 2.12. The lowest BCUT2D eigenvalue weighted by Gasteiger charge is -2.12. The van der Waals surface area contributed by atoms with Gasteiger partial charge in [0, 0.05) is 19.2 Å². The topological polar surface area (TPSA) is 46.2 Å². The highest BCUT2D eigenvalue weighted by Crippen LogP contribution is 2.24. The smallest absolute Gasteiger partial charge is 0.0932 e. The SMILES string of the molecule is NCC(O)c1c(I)cccc1I. The third-order valence-corrected chi connectivity index (χ3v) is 3.44. The average molecular weight is 389 g/mol. The second-order valence-corrected chi connectivity index (χ2v) is 4.71. The molecule has 0 spiro atoms. The number of nitrogens with two attached hydrogens (primary N) is 1. The highest BCUT2D eigenvalue weighted by atomic mass is 127. The van der Waals surface area contributed by atoms with Crippen LogP contribution in [0.15, 0.2) is 18.2 Å². The minimum Gasteiger partial charge on any atom is -0.387 e. The van der Waals surface area contributed by atoms with Crippen LogP contribution in [0.2, 0.25) is 0 Å². The van der Waals surface area contributed by atoms with Crippen molar-refractivity contribution in [1.29, 1.82) is 0 Å². The molecule has 0 aliphatic rings. The molecule has 0 aliphatic carbocycles. The molecule has 12 heavy (non-hydrogen) atoms. The van der Waals surface area contributed by atoms with Crippen LogP contribution in [-0.2, 0) is 0 Å². The zero-order valence-electron chi connectivity index (χ0n) is 6.30. The first-order chi connectivity index (χ1) is 5.66. The molecule has 1 aromatic carbocycles. The fraction of sp³-hybridized carbons (Fsp3) is 0.250. The second kappa shape index (κ2) is 4.73. The summed E-state index contributed by atoms with van der Waals surface area (Å²) in [5.41, 5.74) is 6.33. The largest absolute Gasteiger partial charge is 0.387 e. The number of benzene rings is 1. The van der Waals surface area contributed by atoms with E-state index in [1.165, 1.54) is 0 Å². The number of aliphatic hydroxyl groups excluding tert-OH is 1. The number of rotatable bonds is 2. The molecule has 0 amide bonds. The van der Waals surface area contributed by atoms with Gasteiger partial charge in [0.15, 0.2) is 0 Å². The van der Waals surface area contributed by atoms with E-state index in [1.807, 2.05) is 18.2 Å². The first-order valence-corrected chi connectivity index (χ1v) is 5.64. The Kier molecular flexibility index (Phi) is 4.21. The predicted molar refractivity (Wildman–Crippen MR) is 65.9 cm³/mol. The maximum atomic E-state index is 9.56. The molecule has 2 nitrogen and oxygen atoms in total. The molecule has 1 rings (SSSR count). The van der Waals surface area contributed by atoms with Gasteiger partial charge in [-0.3, -0.25) is 0 Å². The second-order valence-electron chi connectivity index (χ2n) is 2.39. The number of halogens is 2. The molecule has 3 N–H and O–H groups in total. The van der Waals surface area contributed by atoms with Crippen LogP contribution < -0.4 is 5.73 Å². The minimum absolute atomic E-state index is 0.274. The summed E-state index contributed by atoms with van der Waals surface area (Å²) in [6.07, 6.45) is -0.537. The Bertz CT molecular complexity index is 258. The maximum absolute atomic E-state index is 9.56. The van der Waals surface area contributed by atoms with E-state index in [9.17, 15) is 5.11 Å². The predicted octanol–water partition coefficient (Wildman–Crippen LogP) is 1.89. The molecular formula is C8H9I2NO. The molecule has 4 heteroatoms. The van der Waals surface area contributed by atoms with Crippen LogP contribution in [-0.4, -0.2) is 11.7 Å². The van der Waals surface area contributed by atoms with Crippen molar-refractivity contribution in [1.82, 2.24) is 0 Å². The maximum Gasteiger partial charge on any atom is 0.0932 e. The first kappa shape index (κ1) is 10.7. The van der Waals surface area contributed by atoms with Gasteiger partial charge in [-0.1, -0.05) is 6.07 Å². The summed E-state index contributed by atoms with van der Waals surface area (Å²) in [7, 11) is 0. The van der Waals surface area contributed by atoms with Crippen LogP contribution in [0.25, 0.3) is 0 Å². The molecule has 0 radical (unpaired) electrons. The molecule has 1 aromatic rings. The standard InChI is InChI=1S/C8H9I2NO/c9-5-2-1-3-6(10)8(5)7(12)4-11/h1-3,7,12H,4,11H2. The van der Waals surface area contributed by atoms with Gasteiger partial charge in [-0.05, 0) is 57.3 Å². The van der Waals surface area contributed by atoms with E-state index >= 15 is 0 Å². The molecule has 0 bridgehead atoms. The summed E-state index contributed by atoms with van der Waals surface area (Å²) in [5.74, 6) is 0. The van der Waals surface area contributed by atoms with Crippen molar-refractivity contribution in [2.75, 3.05) is 6.54 Å². The summed E-state index contributed by atoms with van der Waals surface area (Å²) in [5, 5.41) is 9.56. The van der Waals surface area contributed by atoms with Gasteiger partial charge in [0.1, 0.15) is 0 Å². The first-order valence-electron chi connectivity index (χ1n) is 3.49. The molecule has 0 saturated heterocycles. The minimum atomic E-state index is -0.537. The summed E-state index contributed by atoms with van der Waals surface area (Å²) in [6, 6.07) is 5.91. The highest BCUT2D eigenvalue weighted by molar-refractivity contribution is 14.1. The molecule has 0 saturated carbocycles. The Labute approximate surface area is 98.8 Å². The quantitative estimate of drug-likeness (QED) is 0.760. The molecule has 1 atom stereocenters. The van der Waals surface area contributed by atoms with Crippen molar-refractivity contribution in [3.8, 4) is 0 Å². The number of hydrogen-bond donors (Lipinski definition) is 2. The van der Waals surface area contributed by atoms with E-state index in [-0.39, 0.29) is 6.54 Å². The molecule has 0 fully saturated rings. The van der Waals surface area contributed by atoms with Crippen molar-refractivity contribution in [2.45, 2.75) is 6.10 Å². The van der Waals surface area contributed by atoms with Gasteiger partial charge in [0.25, 0.3) is 0 Å². The van der Waals surface area contributed by atoms with Crippen LogP contribution in [0, 0.1) is 7.14 Å². The summed E-state index contributed by atoms with van der Waals surface area (Å²) >= 11 is 4.41. The van der Waals surface area contributed by atoms with Crippen LogP contribution in [0.5, 0.6) is 0 Å². The third-order valence-electron chi connectivity index (χ3n) is 1.56. The lowest BCUT2D eigenvalue weighted by Crippen LogP contribution is -2.14. The van der Waals surface area contributed by atoms with E-state index in [1.54, 1.807) is 0 Å². The lowest BCUT2D eigenvalue weighted by atomic mass is 10.1. The summed E-state index contributed by atoms with van der Waals surface area (Å²) in [6.45, 7) is 0.274. The van der Waals surface area contributed by atoms with Gasteiger partial charge in [-0.15, -0.1) is 0 Å². The van der Waals surface area contributed by atoms with Crippen molar-refractivity contribution in [3.63, 3.8) is 0 Å². The van der Waals surface area contributed by atoms with Gasteiger partial charge in [-0.25, -0.2) is 0 Å². The molecule has 1 unspecified atom stereocenters. The number of hydrogen-bond acceptors (Lipinski definition) is 2. The van der Waals surface area contributed by atoms with E-state index in [4.69, 9.17) is 5.73 Å². The fourth-order valence-corrected chi connectivity index (χ4v) is 3.18. The van der Waals surface area contributed by atoms with Gasteiger partial charge in [0.2, 0.25) is 0 Å². The van der Waals surface area contributed by atoms with E-state index in [2.05, 4.69) is 45.2 Å². The van der Waals surface area contributed by atoms with Crippen LogP contribution in [0.4, 0.5) is 0 Å². The van der Waals surface area contributed by atoms with Crippen molar-refractivity contribution >= 4 is 45.2 Å². The zero-order chi connectivity index (χ0) is 9.14. The normalized spacial score (nSPS) is 13.0. The summed E-state index contributed by atoms with van der Waals surface area (Å²) < 4.78 is 2.13. The Hall–Kier alpha value is 0.600. The molecule has 66 valence electrons. The monoisotopic (exact) mass is 389 g/mol. The van der Waals surface area contributed by atoms with Gasteiger partial charge < -0.3 is 10.8 Å². The van der Waals surface area contributed by atoms with E-state index in [0.717, 1.165) is 12.7 Å². The zero-order valence-corrected chi connectivity index (χ0v) is 10.6. The van der Waals surface area contributed by atoms with Crippen LogP contribution >= 0.6 is 45.2 Å². The van der Waals surface area contributed by atoms with Crippen molar-refractivity contribution in [2.24, 2.45) is 5.73 Å². The Morgan fingerprint density at radius 3 is 2.25 bits per heavy atom. The lowest BCUT2D eigenvalue weighted by molar-refractivity contribution is 0.185.